The predicted octanol–water partition coefficient (Wildman–Crippen LogP) is 3.20. The molecule has 19 heavy (non-hydrogen) atoms. The van der Waals surface area contributed by atoms with Gasteiger partial charge in [-0.3, -0.25) is 4.98 Å². The summed E-state index contributed by atoms with van der Waals surface area (Å²) in [5, 5.41) is 12.7. The number of rotatable bonds is 4. The Morgan fingerprint density at radius 1 is 1.32 bits per heavy atom. The van der Waals surface area contributed by atoms with E-state index in [0.29, 0.717) is 23.7 Å². The highest BCUT2D eigenvalue weighted by Crippen LogP contribution is 2.17. The topological polar surface area (TPSA) is 48.7 Å². The van der Waals surface area contributed by atoms with Crippen LogP contribution < -0.4 is 5.32 Å². The Kier molecular flexibility index (Phi) is 4.51. The van der Waals surface area contributed by atoms with E-state index in [2.05, 4.69) is 16.4 Å². The van der Waals surface area contributed by atoms with E-state index in [-0.39, 0.29) is 0 Å². The number of nitriles is 1. The molecule has 1 N–H and O–H groups in total. The molecule has 0 aliphatic carbocycles. The molecule has 0 aliphatic rings. The van der Waals surface area contributed by atoms with E-state index in [0.717, 1.165) is 11.3 Å². The van der Waals surface area contributed by atoms with Crippen LogP contribution in [0.4, 0.5) is 0 Å². The first kappa shape index (κ1) is 13.5. The maximum Gasteiger partial charge on any atom is 0.0992 e. The molecule has 4 heteroatoms. The van der Waals surface area contributed by atoms with Crippen LogP contribution >= 0.6 is 11.6 Å². The number of hydrogen-bond acceptors (Lipinski definition) is 3. The van der Waals surface area contributed by atoms with Crippen LogP contribution in [-0.4, -0.2) is 4.98 Å². The second kappa shape index (κ2) is 6.33. The Balaban J connectivity index is 1.97. The highest BCUT2D eigenvalue weighted by Gasteiger charge is 2.03. The fourth-order valence-electron chi connectivity index (χ4n) is 1.78. The van der Waals surface area contributed by atoms with Crippen LogP contribution in [0, 0.1) is 18.3 Å². The van der Waals surface area contributed by atoms with Crippen molar-refractivity contribution < 1.29 is 0 Å². The molecule has 1 heterocycles. The van der Waals surface area contributed by atoms with Gasteiger partial charge in [-0.05, 0) is 36.2 Å². The lowest BCUT2D eigenvalue weighted by Gasteiger charge is -2.08. The summed E-state index contributed by atoms with van der Waals surface area (Å²) in [4.78, 5) is 4.32. The van der Waals surface area contributed by atoms with Crippen molar-refractivity contribution in [2.75, 3.05) is 0 Å². The van der Waals surface area contributed by atoms with Crippen LogP contribution in [0.2, 0.25) is 5.02 Å². The van der Waals surface area contributed by atoms with Crippen molar-refractivity contribution >= 4 is 11.6 Å². The summed E-state index contributed by atoms with van der Waals surface area (Å²) in [5.74, 6) is 0. The standard InChI is InChI=1S/C15H14ClN3/c1-11-3-2-6-19-15(11)10-18-9-13-5-4-12(8-17)7-14(13)16/h2-7,18H,9-10H2,1H3. The molecule has 0 radical (unpaired) electrons. The molecule has 0 atom stereocenters. The number of aryl methyl sites for hydroxylation is 1. The van der Waals surface area contributed by atoms with E-state index in [1.165, 1.54) is 5.56 Å². The van der Waals surface area contributed by atoms with Crippen molar-refractivity contribution in [2.45, 2.75) is 20.0 Å². The second-order valence-corrected chi connectivity index (χ2v) is 4.70. The molecule has 2 rings (SSSR count). The maximum absolute atomic E-state index is 8.78. The van der Waals surface area contributed by atoms with Crippen LogP contribution in [0.25, 0.3) is 0 Å². The van der Waals surface area contributed by atoms with Gasteiger partial charge in [-0.1, -0.05) is 23.7 Å². The van der Waals surface area contributed by atoms with Crippen LogP contribution in [0.3, 0.4) is 0 Å². The largest absolute Gasteiger partial charge is 0.307 e. The molecular weight excluding hydrogens is 258 g/mol. The predicted molar refractivity (Wildman–Crippen MR) is 75.7 cm³/mol. The molecule has 0 saturated heterocycles. The summed E-state index contributed by atoms with van der Waals surface area (Å²) in [6.45, 7) is 3.39. The fourth-order valence-corrected chi connectivity index (χ4v) is 2.03. The molecule has 3 nitrogen and oxygen atoms in total. The third-order valence-electron chi connectivity index (χ3n) is 2.91. The van der Waals surface area contributed by atoms with Gasteiger partial charge in [0.15, 0.2) is 0 Å². The average Bonchev–Trinajstić information content (AvgIpc) is 2.42. The number of hydrogen-bond donors (Lipinski definition) is 1. The Bertz CT molecular complexity index is 617. The highest BCUT2D eigenvalue weighted by atomic mass is 35.5. The van der Waals surface area contributed by atoms with Gasteiger partial charge >= 0.3 is 0 Å². The summed E-state index contributed by atoms with van der Waals surface area (Å²) >= 11 is 6.11. The minimum absolute atomic E-state index is 0.578. The Morgan fingerprint density at radius 2 is 2.16 bits per heavy atom. The van der Waals surface area contributed by atoms with Crippen LogP contribution in [0.15, 0.2) is 36.5 Å². The fraction of sp³-hybridized carbons (Fsp3) is 0.200. The number of benzene rings is 1. The zero-order valence-electron chi connectivity index (χ0n) is 10.7. The van der Waals surface area contributed by atoms with Crippen LogP contribution in [-0.2, 0) is 13.1 Å². The molecule has 0 unspecified atom stereocenters. The molecule has 2 aromatic rings. The summed E-state index contributed by atoms with van der Waals surface area (Å²) in [6, 6.07) is 11.4. The highest BCUT2D eigenvalue weighted by molar-refractivity contribution is 6.31. The monoisotopic (exact) mass is 271 g/mol. The molecule has 0 spiro atoms. The van der Waals surface area contributed by atoms with Gasteiger partial charge < -0.3 is 5.32 Å². The Hall–Kier alpha value is -1.89. The van der Waals surface area contributed by atoms with Crippen molar-refractivity contribution in [3.8, 4) is 6.07 Å². The third kappa shape index (κ3) is 3.54. The molecule has 0 fully saturated rings. The Morgan fingerprint density at radius 3 is 2.84 bits per heavy atom. The van der Waals surface area contributed by atoms with E-state index in [4.69, 9.17) is 16.9 Å². The first-order chi connectivity index (χ1) is 9.20. The number of halogens is 1. The van der Waals surface area contributed by atoms with Crippen molar-refractivity contribution in [3.63, 3.8) is 0 Å². The normalized spacial score (nSPS) is 10.2. The number of pyridine rings is 1. The first-order valence-corrected chi connectivity index (χ1v) is 6.38. The Labute approximate surface area is 117 Å². The average molecular weight is 272 g/mol. The number of aromatic nitrogens is 1. The van der Waals surface area contributed by atoms with Crippen molar-refractivity contribution in [2.24, 2.45) is 0 Å². The van der Waals surface area contributed by atoms with Gasteiger partial charge in [-0.2, -0.15) is 5.26 Å². The van der Waals surface area contributed by atoms with Crippen molar-refractivity contribution in [1.29, 1.82) is 5.26 Å². The molecular formula is C15H14ClN3. The molecule has 0 aliphatic heterocycles. The van der Waals surface area contributed by atoms with Gasteiger partial charge in [0, 0.05) is 24.3 Å². The van der Waals surface area contributed by atoms with E-state index in [1.54, 1.807) is 18.3 Å². The van der Waals surface area contributed by atoms with E-state index < -0.39 is 0 Å². The number of nitrogens with zero attached hydrogens (tertiary/aromatic N) is 2. The summed E-state index contributed by atoms with van der Waals surface area (Å²) in [5.41, 5.74) is 3.76. The molecule has 1 aromatic heterocycles. The third-order valence-corrected chi connectivity index (χ3v) is 3.26. The van der Waals surface area contributed by atoms with E-state index in [1.807, 2.05) is 25.1 Å². The van der Waals surface area contributed by atoms with E-state index >= 15 is 0 Å². The van der Waals surface area contributed by atoms with E-state index in [9.17, 15) is 0 Å². The molecule has 96 valence electrons. The molecule has 0 saturated carbocycles. The van der Waals surface area contributed by atoms with Gasteiger partial charge in [0.25, 0.3) is 0 Å². The van der Waals surface area contributed by atoms with Gasteiger partial charge in [0.2, 0.25) is 0 Å². The molecule has 0 amide bonds. The van der Waals surface area contributed by atoms with Crippen LogP contribution in [0.5, 0.6) is 0 Å². The maximum atomic E-state index is 8.78. The summed E-state index contributed by atoms with van der Waals surface area (Å²) in [7, 11) is 0. The summed E-state index contributed by atoms with van der Waals surface area (Å²) < 4.78 is 0. The lowest BCUT2D eigenvalue weighted by atomic mass is 10.1. The lowest BCUT2D eigenvalue weighted by molar-refractivity contribution is 0.676. The van der Waals surface area contributed by atoms with Gasteiger partial charge in [0.05, 0.1) is 17.3 Å². The quantitative estimate of drug-likeness (QED) is 0.929. The lowest BCUT2D eigenvalue weighted by Crippen LogP contribution is -2.14. The van der Waals surface area contributed by atoms with Gasteiger partial charge in [0.1, 0.15) is 0 Å². The SMILES string of the molecule is Cc1cccnc1CNCc1ccc(C#N)cc1Cl. The second-order valence-electron chi connectivity index (χ2n) is 4.29. The smallest absolute Gasteiger partial charge is 0.0992 e. The van der Waals surface area contributed by atoms with Gasteiger partial charge in [-0.15, -0.1) is 0 Å². The van der Waals surface area contributed by atoms with Crippen molar-refractivity contribution in [1.82, 2.24) is 10.3 Å². The number of nitrogens with one attached hydrogen (secondary N) is 1. The zero-order chi connectivity index (χ0) is 13.7. The minimum Gasteiger partial charge on any atom is -0.307 e. The zero-order valence-corrected chi connectivity index (χ0v) is 11.4. The minimum atomic E-state index is 0.578. The molecule has 1 aromatic carbocycles. The summed E-state index contributed by atoms with van der Waals surface area (Å²) in [6.07, 6.45) is 1.79. The van der Waals surface area contributed by atoms with Gasteiger partial charge in [-0.25, -0.2) is 0 Å². The molecule has 0 bridgehead atoms. The van der Waals surface area contributed by atoms with Crippen molar-refractivity contribution in [3.05, 3.63) is 63.9 Å². The van der Waals surface area contributed by atoms with Crippen LogP contribution in [0.1, 0.15) is 22.4 Å². The first-order valence-electron chi connectivity index (χ1n) is 6.00.